The van der Waals surface area contributed by atoms with Crippen LogP contribution in [0.2, 0.25) is 5.02 Å². The molecule has 1 aliphatic rings. The number of aromatic nitrogens is 2. The first-order valence-corrected chi connectivity index (χ1v) is 10.6. The Balaban J connectivity index is 1.70. The second-order valence-electron chi connectivity index (χ2n) is 6.67. The molecule has 0 N–H and O–H groups in total. The van der Waals surface area contributed by atoms with E-state index in [1.165, 1.54) is 0 Å². The highest BCUT2D eigenvalue weighted by molar-refractivity contribution is 14.1. The Morgan fingerprint density at radius 3 is 2.70 bits per heavy atom. The minimum atomic E-state index is -0.169. The molecule has 5 rings (SSSR count). The zero-order chi connectivity index (χ0) is 20.7. The van der Waals surface area contributed by atoms with Crippen molar-refractivity contribution in [1.29, 1.82) is 0 Å². The van der Waals surface area contributed by atoms with Crippen LogP contribution in [0.15, 0.2) is 65.5 Å². The quantitative estimate of drug-likeness (QED) is 0.328. The SMILES string of the molecule is O=c1c2cc(I)ccc2nc(C=Cc2ccc3c(c2)OCO3)n1-c1ccccc1Cl. The van der Waals surface area contributed by atoms with Crippen LogP contribution in [0.4, 0.5) is 0 Å². The summed E-state index contributed by atoms with van der Waals surface area (Å²) in [5, 5.41) is 1.02. The van der Waals surface area contributed by atoms with Crippen molar-refractivity contribution in [3.63, 3.8) is 0 Å². The topological polar surface area (TPSA) is 53.4 Å². The molecule has 0 radical (unpaired) electrons. The smallest absolute Gasteiger partial charge is 0.266 e. The first kappa shape index (κ1) is 19.1. The maximum atomic E-state index is 13.4. The van der Waals surface area contributed by atoms with Crippen molar-refractivity contribution < 1.29 is 9.47 Å². The van der Waals surface area contributed by atoms with Crippen LogP contribution in [0.3, 0.4) is 0 Å². The lowest BCUT2D eigenvalue weighted by Gasteiger charge is -2.13. The van der Waals surface area contributed by atoms with Gasteiger partial charge in [-0.15, -0.1) is 0 Å². The average molecular weight is 529 g/mol. The van der Waals surface area contributed by atoms with Gasteiger partial charge in [0.1, 0.15) is 5.82 Å². The van der Waals surface area contributed by atoms with Crippen LogP contribution < -0.4 is 15.0 Å². The second kappa shape index (κ2) is 7.77. The summed E-state index contributed by atoms with van der Waals surface area (Å²) < 4.78 is 13.3. The molecule has 0 amide bonds. The highest BCUT2D eigenvalue weighted by atomic mass is 127. The molecule has 2 heterocycles. The second-order valence-corrected chi connectivity index (χ2v) is 8.32. The van der Waals surface area contributed by atoms with Crippen LogP contribution in [-0.4, -0.2) is 16.3 Å². The predicted octanol–water partition coefficient (Wildman–Crippen LogP) is 5.54. The van der Waals surface area contributed by atoms with Gasteiger partial charge in [-0.25, -0.2) is 4.98 Å². The van der Waals surface area contributed by atoms with E-state index in [4.69, 9.17) is 26.1 Å². The largest absolute Gasteiger partial charge is 0.454 e. The van der Waals surface area contributed by atoms with E-state index in [1.54, 1.807) is 16.7 Å². The number of rotatable bonds is 3. The van der Waals surface area contributed by atoms with Crippen LogP contribution in [-0.2, 0) is 0 Å². The molecule has 4 aromatic rings. The summed E-state index contributed by atoms with van der Waals surface area (Å²) >= 11 is 8.61. The highest BCUT2D eigenvalue weighted by Gasteiger charge is 2.15. The normalized spacial score (nSPS) is 12.7. The molecule has 0 atom stereocenters. The first-order chi connectivity index (χ1) is 14.6. The van der Waals surface area contributed by atoms with Gasteiger partial charge in [0, 0.05) is 3.57 Å². The van der Waals surface area contributed by atoms with Crippen LogP contribution in [0.25, 0.3) is 28.7 Å². The van der Waals surface area contributed by atoms with E-state index in [0.717, 1.165) is 14.9 Å². The van der Waals surface area contributed by atoms with Gasteiger partial charge in [-0.1, -0.05) is 35.9 Å². The fourth-order valence-electron chi connectivity index (χ4n) is 3.34. The van der Waals surface area contributed by atoms with Crippen LogP contribution in [0.5, 0.6) is 11.5 Å². The third-order valence-electron chi connectivity index (χ3n) is 4.77. The zero-order valence-electron chi connectivity index (χ0n) is 15.5. The lowest BCUT2D eigenvalue weighted by atomic mass is 10.1. The number of nitrogens with zero attached hydrogens (tertiary/aromatic N) is 2. The predicted molar refractivity (Wildman–Crippen MR) is 127 cm³/mol. The molecule has 1 aromatic heterocycles. The molecule has 3 aromatic carbocycles. The number of halogens is 2. The molecule has 0 saturated carbocycles. The van der Waals surface area contributed by atoms with Crippen LogP contribution in [0.1, 0.15) is 11.4 Å². The van der Waals surface area contributed by atoms with E-state index in [0.29, 0.717) is 33.2 Å². The fourth-order valence-corrected chi connectivity index (χ4v) is 4.05. The van der Waals surface area contributed by atoms with E-state index in [-0.39, 0.29) is 12.4 Å². The van der Waals surface area contributed by atoms with Crippen molar-refractivity contribution in [2.45, 2.75) is 0 Å². The third-order valence-corrected chi connectivity index (χ3v) is 5.76. The standard InChI is InChI=1S/C23H14ClIN2O3/c24-17-3-1-2-4-19(17)27-22(26-18-8-7-15(25)12-16(18)23(27)28)10-6-14-5-9-20-21(11-14)30-13-29-20/h1-12H,13H2. The van der Waals surface area contributed by atoms with E-state index in [2.05, 4.69) is 22.6 Å². The van der Waals surface area contributed by atoms with Crippen molar-refractivity contribution in [1.82, 2.24) is 9.55 Å². The minimum absolute atomic E-state index is 0.169. The zero-order valence-corrected chi connectivity index (χ0v) is 18.4. The van der Waals surface area contributed by atoms with Crippen LogP contribution in [0, 0.1) is 3.57 Å². The van der Waals surface area contributed by atoms with Crippen molar-refractivity contribution in [2.24, 2.45) is 0 Å². The van der Waals surface area contributed by atoms with Gasteiger partial charge >= 0.3 is 0 Å². The summed E-state index contributed by atoms with van der Waals surface area (Å²) in [7, 11) is 0. The Kier molecular flexibility index (Phi) is 4.96. The molecule has 0 bridgehead atoms. The molecule has 1 aliphatic heterocycles. The number of hydrogen-bond donors (Lipinski definition) is 0. The summed E-state index contributed by atoms with van der Waals surface area (Å²) in [6.45, 7) is 0.222. The van der Waals surface area contributed by atoms with Crippen molar-refractivity contribution >= 4 is 57.2 Å². The molecule has 0 spiro atoms. The van der Waals surface area contributed by atoms with Crippen molar-refractivity contribution in [2.75, 3.05) is 6.79 Å². The third kappa shape index (κ3) is 3.46. The molecule has 148 valence electrons. The van der Waals surface area contributed by atoms with Gasteiger partial charge in [0.15, 0.2) is 11.5 Å². The fraction of sp³-hybridized carbons (Fsp3) is 0.0435. The van der Waals surface area contributed by atoms with Gasteiger partial charge in [-0.2, -0.15) is 0 Å². The number of para-hydroxylation sites is 1. The molecule has 0 saturated heterocycles. The van der Waals surface area contributed by atoms with Gasteiger partial charge in [0.2, 0.25) is 6.79 Å². The number of fused-ring (bicyclic) bond motifs is 2. The average Bonchev–Trinajstić information content (AvgIpc) is 3.22. The van der Waals surface area contributed by atoms with E-state index in [1.807, 2.05) is 60.7 Å². The molecule has 5 nitrogen and oxygen atoms in total. The first-order valence-electron chi connectivity index (χ1n) is 9.15. The summed E-state index contributed by atoms with van der Waals surface area (Å²) in [6.07, 6.45) is 3.69. The number of hydrogen-bond acceptors (Lipinski definition) is 4. The van der Waals surface area contributed by atoms with Gasteiger partial charge in [0.25, 0.3) is 5.56 Å². The Labute approximate surface area is 190 Å². The Morgan fingerprint density at radius 1 is 1.00 bits per heavy atom. The highest BCUT2D eigenvalue weighted by Crippen LogP contribution is 2.33. The monoisotopic (exact) mass is 528 g/mol. The van der Waals surface area contributed by atoms with Gasteiger partial charge in [-0.05, 0) is 76.7 Å². The van der Waals surface area contributed by atoms with Gasteiger partial charge in [0.05, 0.1) is 21.6 Å². The lowest BCUT2D eigenvalue weighted by molar-refractivity contribution is 0.174. The van der Waals surface area contributed by atoms with E-state index in [9.17, 15) is 4.79 Å². The number of ether oxygens (including phenoxy) is 2. The molecule has 30 heavy (non-hydrogen) atoms. The molecular weight excluding hydrogens is 515 g/mol. The Bertz CT molecular complexity index is 1380. The summed E-state index contributed by atoms with van der Waals surface area (Å²) in [4.78, 5) is 18.1. The molecular formula is C23H14ClIN2O3. The van der Waals surface area contributed by atoms with E-state index >= 15 is 0 Å². The summed E-state index contributed by atoms with van der Waals surface area (Å²) in [5.74, 6) is 1.90. The lowest BCUT2D eigenvalue weighted by Crippen LogP contribution is -2.22. The summed E-state index contributed by atoms with van der Waals surface area (Å²) in [5.41, 5.74) is 1.95. The molecule has 0 unspecified atom stereocenters. The Hall–Kier alpha value is -2.84. The summed E-state index contributed by atoms with van der Waals surface area (Å²) in [6, 6.07) is 18.5. The van der Waals surface area contributed by atoms with Crippen LogP contribution >= 0.6 is 34.2 Å². The van der Waals surface area contributed by atoms with Gasteiger partial charge in [-0.3, -0.25) is 9.36 Å². The number of benzene rings is 3. The Morgan fingerprint density at radius 2 is 1.83 bits per heavy atom. The van der Waals surface area contributed by atoms with E-state index < -0.39 is 0 Å². The van der Waals surface area contributed by atoms with Crippen molar-refractivity contribution in [3.05, 3.63) is 91.0 Å². The molecule has 0 fully saturated rings. The van der Waals surface area contributed by atoms with Gasteiger partial charge < -0.3 is 9.47 Å². The minimum Gasteiger partial charge on any atom is -0.454 e. The van der Waals surface area contributed by atoms with Crippen molar-refractivity contribution in [3.8, 4) is 17.2 Å². The molecule has 0 aliphatic carbocycles. The molecule has 7 heteroatoms. The maximum absolute atomic E-state index is 13.4. The maximum Gasteiger partial charge on any atom is 0.266 e.